The Hall–Kier alpha value is -1.40. The third-order valence-corrected chi connectivity index (χ3v) is 4.26. The summed E-state index contributed by atoms with van der Waals surface area (Å²) < 4.78 is 2.45. The molecule has 0 aliphatic carbocycles. The molecule has 4 nitrogen and oxygen atoms in total. The molecule has 0 saturated heterocycles. The summed E-state index contributed by atoms with van der Waals surface area (Å²) in [4.78, 5) is 26.3. The first kappa shape index (κ1) is 14.0. The van der Waals surface area contributed by atoms with Gasteiger partial charge in [0.1, 0.15) is 6.54 Å². The Labute approximate surface area is 123 Å². The molecule has 0 N–H and O–H groups in total. The van der Waals surface area contributed by atoms with Gasteiger partial charge in [0.05, 0.1) is 10.3 Å². The second-order valence-corrected chi connectivity index (χ2v) is 6.67. The molecule has 2 rings (SSSR count). The number of likely N-dealkylation sites (N-methyl/N-ethyl adjacent to an activating group) is 1. The standard InChI is InChI=1S/C13H13BrN2O2S/c1-15(8-10-5-6-11(14)19-10)13(18)9-16-7-3-2-4-12(16)17/h2-7H,8-9H2,1H3. The number of halogens is 1. The molecule has 1 amide bonds. The maximum atomic E-state index is 12.0. The van der Waals surface area contributed by atoms with Crippen LogP contribution in [0, 0.1) is 0 Å². The van der Waals surface area contributed by atoms with Crippen molar-refractivity contribution in [3.8, 4) is 0 Å². The number of hydrogen-bond donors (Lipinski definition) is 0. The van der Waals surface area contributed by atoms with E-state index in [2.05, 4.69) is 15.9 Å². The Kier molecular flexibility index (Phi) is 4.55. The van der Waals surface area contributed by atoms with E-state index in [0.717, 1.165) is 8.66 Å². The molecule has 2 heterocycles. The van der Waals surface area contributed by atoms with Crippen molar-refractivity contribution in [1.82, 2.24) is 9.47 Å². The van der Waals surface area contributed by atoms with Crippen molar-refractivity contribution in [2.75, 3.05) is 7.05 Å². The van der Waals surface area contributed by atoms with Gasteiger partial charge < -0.3 is 9.47 Å². The Balaban J connectivity index is 2.00. The van der Waals surface area contributed by atoms with E-state index in [-0.39, 0.29) is 18.0 Å². The fraction of sp³-hybridized carbons (Fsp3) is 0.231. The Morgan fingerprint density at radius 2 is 2.16 bits per heavy atom. The quantitative estimate of drug-likeness (QED) is 0.857. The fourth-order valence-corrected chi connectivity index (χ4v) is 3.15. The van der Waals surface area contributed by atoms with E-state index in [0.29, 0.717) is 6.54 Å². The lowest BCUT2D eigenvalue weighted by atomic mass is 10.4. The number of nitrogens with zero attached hydrogens (tertiary/aromatic N) is 2. The molecule has 0 aromatic carbocycles. The summed E-state index contributed by atoms with van der Waals surface area (Å²) in [6, 6.07) is 8.79. The van der Waals surface area contributed by atoms with Crippen molar-refractivity contribution >= 4 is 33.2 Å². The van der Waals surface area contributed by atoms with Crippen LogP contribution in [0.15, 0.2) is 45.1 Å². The van der Waals surface area contributed by atoms with Crippen molar-refractivity contribution in [2.45, 2.75) is 13.1 Å². The van der Waals surface area contributed by atoms with E-state index in [1.807, 2.05) is 12.1 Å². The van der Waals surface area contributed by atoms with Gasteiger partial charge in [-0.2, -0.15) is 0 Å². The molecular weight excluding hydrogens is 328 g/mol. The number of aromatic nitrogens is 1. The number of rotatable bonds is 4. The average molecular weight is 341 g/mol. The maximum Gasteiger partial charge on any atom is 0.250 e. The number of pyridine rings is 1. The Morgan fingerprint density at radius 1 is 1.37 bits per heavy atom. The van der Waals surface area contributed by atoms with Crippen LogP contribution in [0.3, 0.4) is 0 Å². The Morgan fingerprint density at radius 3 is 2.79 bits per heavy atom. The van der Waals surface area contributed by atoms with Gasteiger partial charge in [0.25, 0.3) is 5.56 Å². The molecule has 0 atom stereocenters. The lowest BCUT2D eigenvalue weighted by molar-refractivity contribution is -0.131. The van der Waals surface area contributed by atoms with Crippen molar-refractivity contribution in [3.63, 3.8) is 0 Å². The van der Waals surface area contributed by atoms with Crippen molar-refractivity contribution in [3.05, 3.63) is 55.5 Å². The van der Waals surface area contributed by atoms with E-state index in [1.54, 1.807) is 41.6 Å². The molecule has 2 aromatic heterocycles. The van der Waals surface area contributed by atoms with Gasteiger partial charge in [0.15, 0.2) is 0 Å². The molecule has 100 valence electrons. The largest absolute Gasteiger partial charge is 0.339 e. The smallest absolute Gasteiger partial charge is 0.250 e. The SMILES string of the molecule is CN(Cc1ccc(Br)s1)C(=O)Cn1ccccc1=O. The van der Waals surface area contributed by atoms with E-state index in [9.17, 15) is 9.59 Å². The minimum Gasteiger partial charge on any atom is -0.339 e. The van der Waals surface area contributed by atoms with Crippen LogP contribution in [0.2, 0.25) is 0 Å². The highest BCUT2D eigenvalue weighted by Gasteiger charge is 2.11. The normalized spacial score (nSPS) is 10.4. The van der Waals surface area contributed by atoms with Gasteiger partial charge in [-0.05, 0) is 34.1 Å². The minimum atomic E-state index is -0.164. The summed E-state index contributed by atoms with van der Waals surface area (Å²) in [5.74, 6) is -0.0853. The predicted molar refractivity (Wildman–Crippen MR) is 79.2 cm³/mol. The van der Waals surface area contributed by atoms with Crippen LogP contribution in [-0.2, 0) is 17.9 Å². The molecule has 0 bridgehead atoms. The van der Waals surface area contributed by atoms with Crippen LogP contribution in [0.5, 0.6) is 0 Å². The van der Waals surface area contributed by atoms with Crippen LogP contribution in [0.25, 0.3) is 0 Å². The van der Waals surface area contributed by atoms with Gasteiger partial charge >= 0.3 is 0 Å². The third kappa shape index (κ3) is 3.78. The highest BCUT2D eigenvalue weighted by Crippen LogP contribution is 2.22. The monoisotopic (exact) mass is 340 g/mol. The van der Waals surface area contributed by atoms with E-state index in [1.165, 1.54) is 10.6 Å². The number of carbonyl (C=O) groups is 1. The van der Waals surface area contributed by atoms with Gasteiger partial charge in [0, 0.05) is 24.2 Å². The Bertz CT molecular complexity index is 635. The first-order valence-electron chi connectivity index (χ1n) is 5.70. The van der Waals surface area contributed by atoms with Crippen LogP contribution < -0.4 is 5.56 Å². The summed E-state index contributed by atoms with van der Waals surface area (Å²) in [6.07, 6.45) is 1.62. The second-order valence-electron chi connectivity index (χ2n) is 4.12. The number of thiophene rings is 1. The zero-order chi connectivity index (χ0) is 13.8. The topological polar surface area (TPSA) is 42.3 Å². The summed E-state index contributed by atoms with van der Waals surface area (Å²) in [5, 5.41) is 0. The molecule has 0 fully saturated rings. The first-order chi connectivity index (χ1) is 9.06. The zero-order valence-electron chi connectivity index (χ0n) is 10.4. The molecular formula is C13H13BrN2O2S. The molecule has 0 spiro atoms. The molecule has 0 radical (unpaired) electrons. The van der Waals surface area contributed by atoms with Crippen LogP contribution >= 0.6 is 27.3 Å². The highest BCUT2D eigenvalue weighted by atomic mass is 79.9. The van der Waals surface area contributed by atoms with Crippen molar-refractivity contribution < 1.29 is 4.79 Å². The molecule has 2 aromatic rings. The zero-order valence-corrected chi connectivity index (χ0v) is 12.8. The second kappa shape index (κ2) is 6.16. The first-order valence-corrected chi connectivity index (χ1v) is 7.31. The number of amides is 1. The lowest BCUT2D eigenvalue weighted by Gasteiger charge is -2.16. The third-order valence-electron chi connectivity index (χ3n) is 2.65. The summed E-state index contributed by atoms with van der Waals surface area (Å²) in [7, 11) is 1.74. The lowest BCUT2D eigenvalue weighted by Crippen LogP contribution is -2.32. The summed E-state index contributed by atoms with van der Waals surface area (Å²) in [5.41, 5.74) is -0.164. The van der Waals surface area contributed by atoms with Crippen molar-refractivity contribution in [1.29, 1.82) is 0 Å². The van der Waals surface area contributed by atoms with Gasteiger partial charge in [-0.1, -0.05) is 6.07 Å². The fourth-order valence-electron chi connectivity index (χ4n) is 1.62. The molecule has 0 unspecified atom stereocenters. The molecule has 19 heavy (non-hydrogen) atoms. The maximum absolute atomic E-state index is 12.0. The molecule has 0 saturated carbocycles. The number of hydrogen-bond acceptors (Lipinski definition) is 3. The predicted octanol–water partition coefficient (Wildman–Crippen LogP) is 2.33. The van der Waals surface area contributed by atoms with E-state index >= 15 is 0 Å². The summed E-state index contributed by atoms with van der Waals surface area (Å²) >= 11 is 4.99. The summed E-state index contributed by atoms with van der Waals surface area (Å²) in [6.45, 7) is 0.624. The minimum absolute atomic E-state index is 0.0721. The molecule has 0 aliphatic rings. The van der Waals surface area contributed by atoms with Crippen LogP contribution in [0.1, 0.15) is 4.88 Å². The van der Waals surface area contributed by atoms with Gasteiger partial charge in [-0.25, -0.2) is 0 Å². The van der Waals surface area contributed by atoms with Gasteiger partial charge in [0.2, 0.25) is 5.91 Å². The number of carbonyl (C=O) groups excluding carboxylic acids is 1. The van der Waals surface area contributed by atoms with Gasteiger partial charge in [-0.3, -0.25) is 9.59 Å². The molecule has 0 aliphatic heterocycles. The van der Waals surface area contributed by atoms with Crippen molar-refractivity contribution in [2.24, 2.45) is 0 Å². The van der Waals surface area contributed by atoms with E-state index < -0.39 is 0 Å². The van der Waals surface area contributed by atoms with Crippen LogP contribution in [0.4, 0.5) is 0 Å². The average Bonchev–Trinajstić information content (AvgIpc) is 2.77. The highest BCUT2D eigenvalue weighted by molar-refractivity contribution is 9.11. The van der Waals surface area contributed by atoms with E-state index in [4.69, 9.17) is 0 Å². The molecule has 6 heteroatoms. The van der Waals surface area contributed by atoms with Gasteiger partial charge in [-0.15, -0.1) is 11.3 Å². The van der Waals surface area contributed by atoms with Crippen LogP contribution in [-0.4, -0.2) is 22.4 Å².